The van der Waals surface area contributed by atoms with Crippen molar-refractivity contribution in [1.29, 1.82) is 0 Å². The molecule has 0 aliphatic carbocycles. The van der Waals surface area contributed by atoms with Crippen LogP contribution in [0.2, 0.25) is 0 Å². The van der Waals surface area contributed by atoms with Gasteiger partial charge in [-0.1, -0.05) is 5.21 Å². The third kappa shape index (κ3) is 2.44. The minimum Gasteiger partial charge on any atom is -0.348 e. The Hall–Kier alpha value is -1.95. The first-order valence-electron chi connectivity index (χ1n) is 6.55. The fraction of sp³-hybridized carbons (Fsp3) is 0.462. The molecule has 2 heterocycles. The Morgan fingerprint density at radius 1 is 1.53 bits per heavy atom. The molecule has 1 amide bonds. The van der Waals surface area contributed by atoms with E-state index in [2.05, 4.69) is 20.9 Å². The van der Waals surface area contributed by atoms with Crippen LogP contribution in [-0.4, -0.2) is 40.0 Å². The van der Waals surface area contributed by atoms with Crippen molar-refractivity contribution < 1.29 is 4.79 Å². The monoisotopic (exact) mass is 259 g/mol. The first-order valence-corrected chi connectivity index (χ1v) is 6.55. The molecule has 1 fully saturated rings. The lowest BCUT2D eigenvalue weighted by Gasteiger charge is -2.23. The normalized spacial score (nSPS) is 19.5. The largest absolute Gasteiger partial charge is 0.348 e. The lowest BCUT2D eigenvalue weighted by atomic mass is 10.1. The van der Waals surface area contributed by atoms with Crippen LogP contribution in [0.5, 0.6) is 0 Å². The van der Waals surface area contributed by atoms with Crippen molar-refractivity contribution >= 4 is 16.9 Å². The van der Waals surface area contributed by atoms with Crippen LogP contribution < -0.4 is 10.6 Å². The number of aromatic nitrogens is 3. The zero-order valence-electron chi connectivity index (χ0n) is 10.9. The Morgan fingerprint density at radius 3 is 3.21 bits per heavy atom. The molecule has 1 aromatic heterocycles. The maximum Gasteiger partial charge on any atom is 0.251 e. The summed E-state index contributed by atoms with van der Waals surface area (Å²) in [4.78, 5) is 12.2. The van der Waals surface area contributed by atoms with E-state index in [1.54, 1.807) is 10.7 Å². The molecular weight excluding hydrogens is 242 g/mol. The predicted molar refractivity (Wildman–Crippen MR) is 71.9 cm³/mol. The summed E-state index contributed by atoms with van der Waals surface area (Å²) < 4.78 is 1.70. The van der Waals surface area contributed by atoms with Gasteiger partial charge >= 0.3 is 0 Å². The SMILES string of the molecule is Cn1nnc2cc(C(=O)NC3CCCNC3)ccc21. The van der Waals surface area contributed by atoms with Gasteiger partial charge in [0.25, 0.3) is 5.91 Å². The van der Waals surface area contributed by atoms with E-state index in [0.29, 0.717) is 5.56 Å². The standard InChI is InChI=1S/C13H17N5O/c1-18-12-5-4-9(7-11(12)16-17-18)13(19)15-10-3-2-6-14-8-10/h4-5,7,10,14H,2-3,6,8H2,1H3,(H,15,19). The first-order chi connectivity index (χ1) is 9.24. The van der Waals surface area contributed by atoms with Gasteiger partial charge in [-0.3, -0.25) is 4.79 Å². The van der Waals surface area contributed by atoms with Crippen molar-refractivity contribution in [3.05, 3.63) is 23.8 Å². The quantitative estimate of drug-likeness (QED) is 0.821. The molecule has 0 saturated carbocycles. The molecular formula is C13H17N5O. The van der Waals surface area contributed by atoms with Gasteiger partial charge in [0, 0.05) is 25.2 Å². The number of carbonyl (C=O) groups excluding carboxylic acids is 1. The highest BCUT2D eigenvalue weighted by molar-refractivity contribution is 5.97. The number of hydrogen-bond acceptors (Lipinski definition) is 4. The van der Waals surface area contributed by atoms with Crippen molar-refractivity contribution in [3.8, 4) is 0 Å². The van der Waals surface area contributed by atoms with E-state index in [0.717, 1.165) is 37.0 Å². The van der Waals surface area contributed by atoms with Gasteiger partial charge in [0.1, 0.15) is 5.52 Å². The van der Waals surface area contributed by atoms with Crippen LogP contribution in [0, 0.1) is 0 Å². The maximum absolute atomic E-state index is 12.2. The Morgan fingerprint density at radius 2 is 2.42 bits per heavy atom. The van der Waals surface area contributed by atoms with Crippen molar-refractivity contribution in [3.63, 3.8) is 0 Å². The van der Waals surface area contributed by atoms with E-state index >= 15 is 0 Å². The third-order valence-electron chi connectivity index (χ3n) is 3.50. The van der Waals surface area contributed by atoms with Gasteiger partial charge in [0.15, 0.2) is 0 Å². The number of nitrogens with zero attached hydrogens (tertiary/aromatic N) is 3. The van der Waals surface area contributed by atoms with Crippen LogP contribution >= 0.6 is 0 Å². The average molecular weight is 259 g/mol. The van der Waals surface area contributed by atoms with E-state index in [9.17, 15) is 4.79 Å². The second kappa shape index (κ2) is 4.97. The minimum absolute atomic E-state index is 0.0405. The van der Waals surface area contributed by atoms with Gasteiger partial charge in [-0.05, 0) is 37.6 Å². The lowest BCUT2D eigenvalue weighted by Crippen LogP contribution is -2.45. The Kier molecular flexibility index (Phi) is 3.16. The van der Waals surface area contributed by atoms with Crippen LogP contribution in [0.3, 0.4) is 0 Å². The highest BCUT2D eigenvalue weighted by Gasteiger charge is 2.16. The topological polar surface area (TPSA) is 71.8 Å². The van der Waals surface area contributed by atoms with Crippen molar-refractivity contribution in [2.75, 3.05) is 13.1 Å². The molecule has 0 spiro atoms. The van der Waals surface area contributed by atoms with Gasteiger partial charge in [-0.25, -0.2) is 4.68 Å². The summed E-state index contributed by atoms with van der Waals surface area (Å²) in [5.41, 5.74) is 2.31. The first kappa shape index (κ1) is 12.1. The molecule has 2 aromatic rings. The molecule has 1 unspecified atom stereocenters. The summed E-state index contributed by atoms with van der Waals surface area (Å²) >= 11 is 0. The minimum atomic E-state index is -0.0405. The summed E-state index contributed by atoms with van der Waals surface area (Å²) in [6, 6.07) is 5.70. The molecule has 6 heteroatoms. The number of nitrogens with one attached hydrogen (secondary N) is 2. The van der Waals surface area contributed by atoms with Crippen molar-refractivity contribution in [2.45, 2.75) is 18.9 Å². The summed E-state index contributed by atoms with van der Waals surface area (Å²) in [6.45, 7) is 1.89. The number of piperidine rings is 1. The van der Waals surface area contributed by atoms with Crippen LogP contribution in [-0.2, 0) is 7.05 Å². The van der Waals surface area contributed by atoms with Crippen LogP contribution in [0.4, 0.5) is 0 Å². The van der Waals surface area contributed by atoms with E-state index in [4.69, 9.17) is 0 Å². The number of aryl methyl sites for hydroxylation is 1. The van der Waals surface area contributed by atoms with Crippen LogP contribution in [0.25, 0.3) is 11.0 Å². The molecule has 1 aliphatic heterocycles. The Labute approximate surface area is 111 Å². The Balaban J connectivity index is 1.77. The molecule has 1 aromatic carbocycles. The van der Waals surface area contributed by atoms with Crippen LogP contribution in [0.1, 0.15) is 23.2 Å². The lowest BCUT2D eigenvalue weighted by molar-refractivity contribution is 0.0931. The highest BCUT2D eigenvalue weighted by Crippen LogP contribution is 2.13. The van der Waals surface area contributed by atoms with Gasteiger partial charge in [0.2, 0.25) is 0 Å². The summed E-state index contributed by atoms with van der Waals surface area (Å²) in [7, 11) is 1.84. The average Bonchev–Trinajstić information content (AvgIpc) is 2.81. The smallest absolute Gasteiger partial charge is 0.251 e. The number of rotatable bonds is 2. The number of carbonyl (C=O) groups is 1. The van der Waals surface area contributed by atoms with Gasteiger partial charge in [0.05, 0.1) is 5.52 Å². The fourth-order valence-corrected chi connectivity index (χ4v) is 2.43. The van der Waals surface area contributed by atoms with Gasteiger partial charge < -0.3 is 10.6 Å². The summed E-state index contributed by atoms with van der Waals surface area (Å²) in [6.07, 6.45) is 2.14. The van der Waals surface area contributed by atoms with E-state index in [-0.39, 0.29) is 11.9 Å². The Bertz CT molecular complexity index is 600. The molecule has 19 heavy (non-hydrogen) atoms. The molecule has 6 nitrogen and oxygen atoms in total. The number of hydrogen-bond donors (Lipinski definition) is 2. The molecule has 2 N–H and O–H groups in total. The third-order valence-corrected chi connectivity index (χ3v) is 3.50. The zero-order chi connectivity index (χ0) is 13.2. The summed E-state index contributed by atoms with van der Waals surface area (Å²) in [5, 5.41) is 14.3. The number of amides is 1. The fourth-order valence-electron chi connectivity index (χ4n) is 2.43. The van der Waals surface area contributed by atoms with E-state index in [1.165, 1.54) is 0 Å². The molecule has 1 saturated heterocycles. The zero-order valence-corrected chi connectivity index (χ0v) is 10.9. The predicted octanol–water partition coefficient (Wildman–Crippen LogP) is 0.450. The molecule has 100 valence electrons. The van der Waals surface area contributed by atoms with Gasteiger partial charge in [-0.2, -0.15) is 0 Å². The second-order valence-corrected chi connectivity index (χ2v) is 4.93. The molecule has 1 aliphatic rings. The highest BCUT2D eigenvalue weighted by atomic mass is 16.1. The van der Waals surface area contributed by atoms with E-state index < -0.39 is 0 Å². The molecule has 0 bridgehead atoms. The second-order valence-electron chi connectivity index (χ2n) is 4.93. The van der Waals surface area contributed by atoms with Crippen molar-refractivity contribution in [2.24, 2.45) is 7.05 Å². The molecule has 1 atom stereocenters. The number of benzene rings is 1. The van der Waals surface area contributed by atoms with Gasteiger partial charge in [-0.15, -0.1) is 5.10 Å². The summed E-state index contributed by atoms with van der Waals surface area (Å²) in [5.74, 6) is -0.0405. The van der Waals surface area contributed by atoms with E-state index in [1.807, 2.05) is 19.2 Å². The maximum atomic E-state index is 12.2. The molecule has 0 radical (unpaired) electrons. The van der Waals surface area contributed by atoms with Crippen LogP contribution in [0.15, 0.2) is 18.2 Å². The van der Waals surface area contributed by atoms with Crippen molar-refractivity contribution in [1.82, 2.24) is 25.6 Å². The number of fused-ring (bicyclic) bond motifs is 1. The molecule has 3 rings (SSSR count).